The second-order valence-electron chi connectivity index (χ2n) is 20.2. The summed E-state index contributed by atoms with van der Waals surface area (Å²) in [5.41, 5.74) is 0. The van der Waals surface area contributed by atoms with Crippen molar-refractivity contribution in [1.29, 1.82) is 0 Å². The van der Waals surface area contributed by atoms with Crippen molar-refractivity contribution in [2.45, 2.75) is 264 Å². The molecule has 6 nitrogen and oxygen atoms in total. The van der Waals surface area contributed by atoms with Gasteiger partial charge in [0.15, 0.2) is 6.10 Å². The quantitative estimate of drug-likeness (QED) is 0.0261. The highest BCUT2D eigenvalue weighted by atomic mass is 16.6. The van der Waals surface area contributed by atoms with Crippen molar-refractivity contribution < 1.29 is 28.6 Å². The SMILES string of the molecule is CC/C=C\C/C=C\C/C=C\C/C=C\C/C=C\C/C=C\C/C=C\C/C=C\CCCCCCC(=O)OCC(COC(=O)CCCCCCC/C=C\CCCCC)OC(=O)CCCCCCCC/C=C\C/C=C\C/C=C\C/C=C\CC. The van der Waals surface area contributed by atoms with Crippen LogP contribution >= 0.6 is 0 Å². The van der Waals surface area contributed by atoms with Crippen molar-refractivity contribution in [1.82, 2.24) is 0 Å². The summed E-state index contributed by atoms with van der Waals surface area (Å²) >= 11 is 0. The van der Waals surface area contributed by atoms with Crippen LogP contribution in [0, 0.1) is 0 Å². The molecular formula is C72H114O6. The zero-order chi connectivity index (χ0) is 56.4. The molecular weight excluding hydrogens is 961 g/mol. The normalized spacial score (nSPS) is 13.2. The molecule has 1 atom stereocenters. The molecule has 0 N–H and O–H groups in total. The van der Waals surface area contributed by atoms with Crippen LogP contribution in [0.5, 0.6) is 0 Å². The summed E-state index contributed by atoms with van der Waals surface area (Å²) in [6.45, 7) is 6.34. The van der Waals surface area contributed by atoms with E-state index < -0.39 is 6.10 Å². The van der Waals surface area contributed by atoms with Gasteiger partial charge in [0.25, 0.3) is 0 Å². The van der Waals surface area contributed by atoms with Crippen LogP contribution in [0.15, 0.2) is 158 Å². The Kier molecular flexibility index (Phi) is 60.4. The predicted molar refractivity (Wildman–Crippen MR) is 338 cm³/mol. The monoisotopic (exact) mass is 1070 g/mol. The van der Waals surface area contributed by atoms with Gasteiger partial charge in [-0.25, -0.2) is 0 Å². The molecule has 1 unspecified atom stereocenters. The van der Waals surface area contributed by atoms with E-state index in [0.29, 0.717) is 19.3 Å². The largest absolute Gasteiger partial charge is 0.462 e. The van der Waals surface area contributed by atoms with Gasteiger partial charge in [-0.1, -0.05) is 249 Å². The molecule has 0 radical (unpaired) electrons. The lowest BCUT2D eigenvalue weighted by Gasteiger charge is -2.18. The third-order valence-electron chi connectivity index (χ3n) is 12.7. The number of unbranched alkanes of at least 4 members (excludes halogenated alkanes) is 18. The lowest BCUT2D eigenvalue weighted by atomic mass is 10.1. The summed E-state index contributed by atoms with van der Waals surface area (Å²) in [5.74, 6) is -0.956. The molecule has 0 aliphatic carbocycles. The Morgan fingerprint density at radius 1 is 0.269 bits per heavy atom. The second-order valence-corrected chi connectivity index (χ2v) is 20.2. The fourth-order valence-electron chi connectivity index (χ4n) is 8.09. The van der Waals surface area contributed by atoms with Gasteiger partial charge in [-0.2, -0.15) is 0 Å². The van der Waals surface area contributed by atoms with Crippen molar-refractivity contribution in [2.75, 3.05) is 13.2 Å². The van der Waals surface area contributed by atoms with Gasteiger partial charge in [-0.05, 0) is 148 Å². The Morgan fingerprint density at radius 3 is 0.795 bits per heavy atom. The summed E-state index contributed by atoms with van der Waals surface area (Å²) in [6.07, 6.45) is 93.8. The molecule has 0 saturated carbocycles. The van der Waals surface area contributed by atoms with E-state index in [0.717, 1.165) is 173 Å². The summed E-state index contributed by atoms with van der Waals surface area (Å²) < 4.78 is 16.9. The number of esters is 3. The molecule has 0 fully saturated rings. The van der Waals surface area contributed by atoms with E-state index in [1.807, 2.05) is 0 Å². The minimum Gasteiger partial charge on any atom is -0.462 e. The van der Waals surface area contributed by atoms with E-state index in [2.05, 4.69) is 179 Å². The number of carbonyl (C=O) groups excluding carboxylic acids is 3. The molecule has 0 aliphatic heterocycles. The summed E-state index contributed by atoms with van der Waals surface area (Å²) in [7, 11) is 0. The Labute approximate surface area is 480 Å². The van der Waals surface area contributed by atoms with Gasteiger partial charge in [-0.3, -0.25) is 14.4 Å². The average Bonchev–Trinajstić information content (AvgIpc) is 3.44. The maximum absolute atomic E-state index is 12.9. The fraction of sp³-hybridized carbons (Fsp3) is 0.597. The van der Waals surface area contributed by atoms with Crippen molar-refractivity contribution in [2.24, 2.45) is 0 Å². The van der Waals surface area contributed by atoms with E-state index in [1.54, 1.807) is 0 Å². The van der Waals surface area contributed by atoms with Gasteiger partial charge in [0.05, 0.1) is 0 Å². The van der Waals surface area contributed by atoms with Crippen molar-refractivity contribution in [3.05, 3.63) is 158 Å². The molecule has 438 valence electrons. The number of ether oxygens (including phenoxy) is 3. The zero-order valence-corrected chi connectivity index (χ0v) is 50.1. The molecule has 0 rings (SSSR count). The van der Waals surface area contributed by atoms with Crippen LogP contribution in [0.2, 0.25) is 0 Å². The van der Waals surface area contributed by atoms with E-state index in [-0.39, 0.29) is 31.1 Å². The predicted octanol–water partition coefficient (Wildman–Crippen LogP) is 21.7. The molecule has 0 aromatic heterocycles. The van der Waals surface area contributed by atoms with Crippen LogP contribution in [-0.2, 0) is 28.6 Å². The van der Waals surface area contributed by atoms with E-state index in [4.69, 9.17) is 14.2 Å². The minimum absolute atomic E-state index is 0.103. The van der Waals surface area contributed by atoms with Gasteiger partial charge in [-0.15, -0.1) is 0 Å². The molecule has 0 aromatic carbocycles. The van der Waals surface area contributed by atoms with Crippen LogP contribution in [0.3, 0.4) is 0 Å². The number of hydrogen-bond acceptors (Lipinski definition) is 6. The van der Waals surface area contributed by atoms with Gasteiger partial charge in [0.2, 0.25) is 0 Å². The smallest absolute Gasteiger partial charge is 0.306 e. The highest BCUT2D eigenvalue weighted by Gasteiger charge is 2.19. The Morgan fingerprint density at radius 2 is 0.500 bits per heavy atom. The highest BCUT2D eigenvalue weighted by Crippen LogP contribution is 2.14. The summed E-state index contributed by atoms with van der Waals surface area (Å²) in [4.78, 5) is 38.3. The molecule has 0 amide bonds. The Hall–Kier alpha value is -4.97. The van der Waals surface area contributed by atoms with Gasteiger partial charge in [0.1, 0.15) is 13.2 Å². The van der Waals surface area contributed by atoms with Crippen LogP contribution in [0.25, 0.3) is 0 Å². The highest BCUT2D eigenvalue weighted by molar-refractivity contribution is 5.71. The van der Waals surface area contributed by atoms with Crippen molar-refractivity contribution in [3.63, 3.8) is 0 Å². The number of hydrogen-bond donors (Lipinski definition) is 0. The van der Waals surface area contributed by atoms with Gasteiger partial charge in [0, 0.05) is 19.3 Å². The third kappa shape index (κ3) is 61.9. The third-order valence-corrected chi connectivity index (χ3v) is 12.7. The second kappa shape index (κ2) is 64.6. The van der Waals surface area contributed by atoms with E-state index in [9.17, 15) is 14.4 Å². The van der Waals surface area contributed by atoms with Crippen LogP contribution in [-0.4, -0.2) is 37.2 Å². The molecule has 0 aromatic rings. The molecule has 78 heavy (non-hydrogen) atoms. The molecule has 0 bridgehead atoms. The maximum atomic E-state index is 12.9. The first-order valence-electron chi connectivity index (χ1n) is 31.5. The molecule has 0 saturated heterocycles. The standard InChI is InChI=1S/C72H114O6/c1-4-7-10-13-16-19-22-25-27-29-31-32-33-34-35-36-37-38-39-40-42-43-45-47-50-53-56-59-62-65-71(74)77-68-69(67-76-70(73)64-61-58-55-52-49-24-21-18-15-12-9-6-3)78-72(75)66-63-60-57-54-51-48-46-44-41-30-28-26-23-20-17-14-11-8-5-2/h7-8,10-11,16-21,25-28,31-32,34-35,37-38,40-42,44-45,47,69H,4-6,9,12-15,22-24,29-30,33,36,39,43,46,48-68H2,1-3H3/b10-7-,11-8-,19-16-,20-17-,21-18-,27-25-,28-26-,32-31-,35-34-,38-37-,42-40-,44-41-,47-45-. The number of rotatable bonds is 55. The summed E-state index contributed by atoms with van der Waals surface area (Å²) in [5, 5.41) is 0. The van der Waals surface area contributed by atoms with E-state index >= 15 is 0 Å². The molecule has 0 spiro atoms. The Balaban J connectivity index is 4.42. The van der Waals surface area contributed by atoms with Crippen molar-refractivity contribution in [3.8, 4) is 0 Å². The average molecular weight is 1080 g/mol. The molecule has 6 heteroatoms. The van der Waals surface area contributed by atoms with E-state index in [1.165, 1.54) is 44.9 Å². The first kappa shape index (κ1) is 73.0. The van der Waals surface area contributed by atoms with Crippen LogP contribution < -0.4 is 0 Å². The number of allylic oxidation sites excluding steroid dienone is 26. The topological polar surface area (TPSA) is 78.9 Å². The maximum Gasteiger partial charge on any atom is 0.306 e. The minimum atomic E-state index is -0.808. The van der Waals surface area contributed by atoms with Crippen molar-refractivity contribution >= 4 is 17.9 Å². The van der Waals surface area contributed by atoms with Gasteiger partial charge >= 0.3 is 17.9 Å². The lowest BCUT2D eigenvalue weighted by molar-refractivity contribution is -0.167. The lowest BCUT2D eigenvalue weighted by Crippen LogP contribution is -2.30. The molecule has 0 heterocycles. The van der Waals surface area contributed by atoms with Crippen LogP contribution in [0.1, 0.15) is 258 Å². The first-order valence-corrected chi connectivity index (χ1v) is 31.5. The van der Waals surface area contributed by atoms with Gasteiger partial charge < -0.3 is 14.2 Å². The molecule has 0 aliphatic rings. The Bertz CT molecular complexity index is 1760. The fourth-order valence-corrected chi connectivity index (χ4v) is 8.09. The summed E-state index contributed by atoms with van der Waals surface area (Å²) in [6, 6.07) is 0. The number of carbonyl (C=O) groups is 3. The van der Waals surface area contributed by atoms with Crippen LogP contribution in [0.4, 0.5) is 0 Å². The zero-order valence-electron chi connectivity index (χ0n) is 50.1. The first-order chi connectivity index (χ1) is 38.5.